The van der Waals surface area contributed by atoms with E-state index in [1.807, 2.05) is 6.92 Å². The van der Waals surface area contributed by atoms with Gasteiger partial charge in [0, 0.05) is 18.3 Å². The summed E-state index contributed by atoms with van der Waals surface area (Å²) in [4.78, 5) is 0. The zero-order chi connectivity index (χ0) is 8.82. The van der Waals surface area contributed by atoms with Gasteiger partial charge in [0.2, 0.25) is 5.92 Å². The third-order valence-electron chi connectivity index (χ3n) is 3.02. The van der Waals surface area contributed by atoms with Crippen molar-refractivity contribution in [3.05, 3.63) is 0 Å². The second-order valence-corrected chi connectivity index (χ2v) is 4.37. The maximum Gasteiger partial charge on any atom is 0.249 e. The highest BCUT2D eigenvalue weighted by molar-refractivity contribution is 5.00. The Labute approximate surface area is 71.1 Å². The molecule has 0 unspecified atom stereocenters. The molecule has 0 aromatic carbocycles. The minimum absolute atomic E-state index is 0.0483. The van der Waals surface area contributed by atoms with Crippen molar-refractivity contribution in [3.63, 3.8) is 0 Å². The van der Waals surface area contributed by atoms with E-state index in [1.54, 1.807) is 0 Å². The predicted molar refractivity (Wildman–Crippen MR) is 41.3 cm³/mol. The van der Waals surface area contributed by atoms with Crippen LogP contribution in [0.4, 0.5) is 8.78 Å². The van der Waals surface area contributed by atoms with Crippen molar-refractivity contribution in [2.45, 2.75) is 44.6 Å². The van der Waals surface area contributed by atoms with E-state index in [0.717, 1.165) is 12.8 Å². The summed E-state index contributed by atoms with van der Waals surface area (Å²) in [5, 5.41) is 0. The van der Waals surface area contributed by atoms with Crippen molar-refractivity contribution in [1.82, 2.24) is 0 Å². The van der Waals surface area contributed by atoms with Gasteiger partial charge >= 0.3 is 0 Å². The Hall–Kier alpha value is -0.180. The van der Waals surface area contributed by atoms with Crippen molar-refractivity contribution >= 4 is 0 Å². The van der Waals surface area contributed by atoms with Crippen molar-refractivity contribution in [1.29, 1.82) is 0 Å². The van der Waals surface area contributed by atoms with Gasteiger partial charge in [-0.1, -0.05) is 0 Å². The summed E-state index contributed by atoms with van der Waals surface area (Å²) in [6.45, 7) is 2.55. The lowest BCUT2D eigenvalue weighted by atomic mass is 9.63. The number of hydrogen-bond acceptors (Lipinski definition) is 1. The van der Waals surface area contributed by atoms with Crippen LogP contribution in [-0.2, 0) is 4.74 Å². The first-order valence-corrected chi connectivity index (χ1v) is 4.51. The van der Waals surface area contributed by atoms with E-state index in [2.05, 4.69) is 0 Å². The molecule has 0 aromatic heterocycles. The van der Waals surface area contributed by atoms with Gasteiger partial charge in [0.05, 0.1) is 12.7 Å². The minimum atomic E-state index is -2.40. The first kappa shape index (κ1) is 8.42. The molecule has 1 saturated carbocycles. The number of halogens is 2. The average Bonchev–Trinajstić information content (AvgIpc) is 1.91. The van der Waals surface area contributed by atoms with Crippen LogP contribution in [0.15, 0.2) is 0 Å². The summed E-state index contributed by atoms with van der Waals surface area (Å²) < 4.78 is 30.6. The lowest BCUT2D eigenvalue weighted by molar-refractivity contribution is -0.209. The van der Waals surface area contributed by atoms with Gasteiger partial charge in [0.15, 0.2) is 0 Å². The van der Waals surface area contributed by atoms with Crippen LogP contribution in [0.25, 0.3) is 0 Å². The molecule has 1 aliphatic carbocycles. The second-order valence-electron chi connectivity index (χ2n) is 4.37. The predicted octanol–water partition coefficient (Wildman–Crippen LogP) is 2.60. The molecule has 12 heavy (non-hydrogen) atoms. The highest BCUT2D eigenvalue weighted by Crippen LogP contribution is 2.56. The lowest BCUT2D eigenvalue weighted by Crippen LogP contribution is -2.51. The summed E-state index contributed by atoms with van der Waals surface area (Å²) in [5.41, 5.74) is -0.157. The van der Waals surface area contributed by atoms with Gasteiger partial charge in [-0.25, -0.2) is 8.78 Å². The Balaban J connectivity index is 1.91. The van der Waals surface area contributed by atoms with Crippen LogP contribution in [0.5, 0.6) is 0 Å². The molecule has 1 aliphatic heterocycles. The fourth-order valence-corrected chi connectivity index (χ4v) is 2.31. The topological polar surface area (TPSA) is 9.23 Å². The molecular formula is C9H14F2O. The summed E-state index contributed by atoms with van der Waals surface area (Å²) in [7, 11) is 0. The number of alkyl halides is 2. The van der Waals surface area contributed by atoms with Crippen LogP contribution < -0.4 is 0 Å². The number of rotatable bonds is 0. The zero-order valence-corrected chi connectivity index (χ0v) is 7.28. The molecule has 2 fully saturated rings. The van der Waals surface area contributed by atoms with Gasteiger partial charge in [-0.15, -0.1) is 0 Å². The summed E-state index contributed by atoms with van der Waals surface area (Å²) in [6, 6.07) is 0. The molecule has 1 spiro atoms. The van der Waals surface area contributed by atoms with Gasteiger partial charge in [0.25, 0.3) is 0 Å². The van der Waals surface area contributed by atoms with Crippen LogP contribution >= 0.6 is 0 Å². The van der Waals surface area contributed by atoms with Crippen LogP contribution in [-0.4, -0.2) is 18.6 Å². The molecule has 1 nitrogen and oxygen atoms in total. The number of hydrogen-bond donors (Lipinski definition) is 0. The van der Waals surface area contributed by atoms with Crippen molar-refractivity contribution < 1.29 is 13.5 Å². The van der Waals surface area contributed by atoms with Gasteiger partial charge < -0.3 is 4.74 Å². The smallest absolute Gasteiger partial charge is 0.249 e. The Morgan fingerprint density at radius 1 is 1.33 bits per heavy atom. The Bertz CT molecular complexity index is 173. The Morgan fingerprint density at radius 3 is 2.42 bits per heavy atom. The summed E-state index contributed by atoms with van der Waals surface area (Å²) in [6.07, 6.45) is 2.23. The molecule has 70 valence electrons. The zero-order valence-electron chi connectivity index (χ0n) is 7.28. The van der Waals surface area contributed by atoms with Gasteiger partial charge in [-0.2, -0.15) is 0 Å². The van der Waals surface area contributed by atoms with Crippen LogP contribution in [0.3, 0.4) is 0 Å². The maximum atomic E-state index is 12.6. The molecule has 1 atom stereocenters. The third kappa shape index (κ3) is 1.35. The van der Waals surface area contributed by atoms with Gasteiger partial charge in [-0.3, -0.25) is 0 Å². The van der Waals surface area contributed by atoms with Crippen molar-refractivity contribution in [2.75, 3.05) is 6.61 Å². The second kappa shape index (κ2) is 2.41. The van der Waals surface area contributed by atoms with E-state index >= 15 is 0 Å². The largest absolute Gasteiger partial charge is 0.378 e. The first-order chi connectivity index (χ1) is 5.52. The molecule has 2 rings (SSSR count). The SMILES string of the molecule is C[C@@H]1CCC2(CO1)CC(F)(F)C2. The molecule has 0 N–H and O–H groups in total. The highest BCUT2D eigenvalue weighted by atomic mass is 19.3. The van der Waals surface area contributed by atoms with E-state index in [9.17, 15) is 8.78 Å². The molecule has 1 heterocycles. The van der Waals surface area contributed by atoms with Gasteiger partial charge in [-0.05, 0) is 19.8 Å². The molecular weight excluding hydrogens is 162 g/mol. The van der Waals surface area contributed by atoms with E-state index < -0.39 is 5.92 Å². The monoisotopic (exact) mass is 176 g/mol. The first-order valence-electron chi connectivity index (χ1n) is 4.51. The summed E-state index contributed by atoms with van der Waals surface area (Å²) in [5.74, 6) is -2.40. The summed E-state index contributed by atoms with van der Waals surface area (Å²) >= 11 is 0. The fraction of sp³-hybridized carbons (Fsp3) is 1.00. The quantitative estimate of drug-likeness (QED) is 0.551. The van der Waals surface area contributed by atoms with Crippen LogP contribution in [0.2, 0.25) is 0 Å². The van der Waals surface area contributed by atoms with E-state index in [1.165, 1.54) is 0 Å². The molecule has 0 aromatic rings. The molecule has 0 radical (unpaired) electrons. The fourth-order valence-electron chi connectivity index (χ4n) is 2.31. The molecule has 1 saturated heterocycles. The van der Waals surface area contributed by atoms with E-state index in [-0.39, 0.29) is 24.4 Å². The molecule has 0 bridgehead atoms. The molecule has 2 aliphatic rings. The van der Waals surface area contributed by atoms with E-state index in [0.29, 0.717) is 6.61 Å². The maximum absolute atomic E-state index is 12.6. The Morgan fingerprint density at radius 2 is 2.00 bits per heavy atom. The lowest BCUT2D eigenvalue weighted by Gasteiger charge is -2.50. The van der Waals surface area contributed by atoms with E-state index in [4.69, 9.17) is 4.74 Å². The van der Waals surface area contributed by atoms with Crippen molar-refractivity contribution in [3.8, 4) is 0 Å². The molecule has 0 amide bonds. The standard InChI is InChI=1S/C9H14F2O/c1-7-2-3-8(6-12-7)4-9(10,11)5-8/h7H,2-6H2,1H3/t7-/m1/s1. The normalized spacial score (nSPS) is 37.8. The third-order valence-corrected chi connectivity index (χ3v) is 3.02. The van der Waals surface area contributed by atoms with Gasteiger partial charge in [0.1, 0.15) is 0 Å². The van der Waals surface area contributed by atoms with Crippen LogP contribution in [0.1, 0.15) is 32.6 Å². The van der Waals surface area contributed by atoms with Crippen molar-refractivity contribution in [2.24, 2.45) is 5.41 Å². The minimum Gasteiger partial charge on any atom is -0.378 e. The van der Waals surface area contributed by atoms with Crippen LogP contribution in [0, 0.1) is 5.41 Å². The Kier molecular flexibility index (Phi) is 1.69. The number of ether oxygens (including phenoxy) is 1. The average molecular weight is 176 g/mol. The molecule has 3 heteroatoms. The highest BCUT2D eigenvalue weighted by Gasteiger charge is 2.57.